The second kappa shape index (κ2) is 19.0. The Hall–Kier alpha value is -6.35. The van der Waals surface area contributed by atoms with Gasteiger partial charge in [-0.25, -0.2) is 4.98 Å². The third kappa shape index (κ3) is 10.2. The van der Waals surface area contributed by atoms with E-state index in [1.807, 2.05) is 78.9 Å². The van der Waals surface area contributed by atoms with Crippen molar-refractivity contribution in [3.8, 4) is 78.6 Å². The fraction of sp³-hybridized carbons (Fsp3) is 0.273. The Labute approximate surface area is 446 Å². The van der Waals surface area contributed by atoms with Crippen LogP contribution in [-0.2, 0) is 42.7 Å². The molecule has 0 aliphatic carbocycles. The zero-order valence-corrected chi connectivity index (χ0v) is 45.3. The molecule has 2 heterocycles. The summed E-state index contributed by atoms with van der Waals surface area (Å²) < 4.78 is 52.8. The Bertz CT molecular complexity index is 3640. The van der Waals surface area contributed by atoms with Gasteiger partial charge in [-0.05, 0) is 110 Å². The minimum Gasteiger partial charge on any atom is -0.507 e. The number of benzene rings is 7. The molecular formula is C66H68N3OPt-. The standard InChI is InChI=1S/C66H68N3O.Pt/c1-41-23-25-43(26-24-41)46-31-32-67-57(37-46)48-34-47(35-50(36-48)64(6,7)8)52-21-18-22-58-60(52)68-62(55-38-51(65(9,10)11)39-56(61(55)70)66(12,13)14)69(58)59-40-53(44-19-16-15-17-20-44)42(2)33-54(59)45-27-29-49(30-28-45)63(3,4)5;/h15-33,35-40,70H,1-14H3;/q-1;/i1D3,2D3;. The molecule has 4 nitrogen and oxygen atoms in total. The van der Waals surface area contributed by atoms with Crippen LogP contribution in [0.5, 0.6) is 5.75 Å². The number of nitrogens with zero attached hydrogens (tertiary/aromatic N) is 3. The van der Waals surface area contributed by atoms with Crippen molar-refractivity contribution in [2.24, 2.45) is 0 Å². The van der Waals surface area contributed by atoms with Crippen molar-refractivity contribution in [1.29, 1.82) is 0 Å². The molecule has 5 heteroatoms. The molecule has 0 saturated heterocycles. The van der Waals surface area contributed by atoms with Crippen LogP contribution in [0.25, 0.3) is 83.9 Å². The number of phenolic OH excluding ortho intramolecular Hbond substituents is 1. The van der Waals surface area contributed by atoms with Crippen molar-refractivity contribution in [3.63, 3.8) is 0 Å². The smallest absolute Gasteiger partial charge is 0.148 e. The molecule has 0 unspecified atom stereocenters. The van der Waals surface area contributed by atoms with Crippen molar-refractivity contribution in [2.45, 2.75) is 118 Å². The third-order valence-electron chi connectivity index (χ3n) is 13.5. The summed E-state index contributed by atoms with van der Waals surface area (Å²) in [6, 6.07) is 51.2. The Kier molecular flexibility index (Phi) is 11.6. The summed E-state index contributed by atoms with van der Waals surface area (Å²) in [5.74, 6) is 0.621. The molecule has 0 spiro atoms. The Balaban J connectivity index is 0.00000784. The van der Waals surface area contributed by atoms with E-state index in [2.05, 4.69) is 148 Å². The first kappa shape index (κ1) is 43.4. The third-order valence-corrected chi connectivity index (χ3v) is 13.5. The molecule has 0 aliphatic rings. The summed E-state index contributed by atoms with van der Waals surface area (Å²) in [5, 5.41) is 12.8. The fourth-order valence-corrected chi connectivity index (χ4v) is 9.27. The van der Waals surface area contributed by atoms with Gasteiger partial charge in [-0.1, -0.05) is 203 Å². The van der Waals surface area contributed by atoms with E-state index in [1.54, 1.807) is 18.3 Å². The molecule has 364 valence electrons. The first-order chi connectivity index (χ1) is 35.4. The number of pyridine rings is 1. The van der Waals surface area contributed by atoms with Gasteiger partial charge in [0.1, 0.15) is 11.6 Å². The molecule has 9 rings (SSSR count). The molecule has 0 aliphatic heterocycles. The predicted molar refractivity (Wildman–Crippen MR) is 296 cm³/mol. The second-order valence-electron chi connectivity index (χ2n) is 22.9. The molecule has 0 saturated carbocycles. The number of imidazole rings is 1. The van der Waals surface area contributed by atoms with E-state index < -0.39 is 19.1 Å². The van der Waals surface area contributed by atoms with Crippen LogP contribution >= 0.6 is 0 Å². The summed E-state index contributed by atoms with van der Waals surface area (Å²) in [4.78, 5) is 10.6. The molecule has 0 atom stereocenters. The van der Waals surface area contributed by atoms with Crippen LogP contribution in [0.1, 0.15) is 125 Å². The number of rotatable bonds is 7. The predicted octanol–water partition coefficient (Wildman–Crippen LogP) is 17.7. The van der Waals surface area contributed by atoms with Gasteiger partial charge in [0.25, 0.3) is 0 Å². The van der Waals surface area contributed by atoms with Crippen molar-refractivity contribution >= 4 is 11.0 Å². The fourth-order valence-electron chi connectivity index (χ4n) is 9.27. The van der Waals surface area contributed by atoms with Crippen molar-refractivity contribution in [1.82, 2.24) is 14.5 Å². The van der Waals surface area contributed by atoms with Gasteiger partial charge in [0.05, 0.1) is 22.3 Å². The first-order valence-corrected chi connectivity index (χ1v) is 24.3. The van der Waals surface area contributed by atoms with Gasteiger partial charge in [-0.2, -0.15) is 0 Å². The van der Waals surface area contributed by atoms with Crippen molar-refractivity contribution in [2.75, 3.05) is 0 Å². The summed E-state index contributed by atoms with van der Waals surface area (Å²) in [7, 11) is 0. The second-order valence-corrected chi connectivity index (χ2v) is 22.9. The maximum atomic E-state index is 12.8. The normalized spacial score (nSPS) is 13.9. The molecule has 7 aromatic carbocycles. The minimum atomic E-state index is -2.47. The number of aromatic hydroxyl groups is 1. The van der Waals surface area contributed by atoms with Gasteiger partial charge in [0, 0.05) is 52.3 Å². The van der Waals surface area contributed by atoms with E-state index in [-0.39, 0.29) is 54.2 Å². The maximum Gasteiger partial charge on any atom is 0.148 e. The topological polar surface area (TPSA) is 50.9 Å². The molecule has 0 fully saturated rings. The number of hydrogen-bond acceptors (Lipinski definition) is 3. The van der Waals surface area contributed by atoms with Gasteiger partial charge in [0.15, 0.2) is 0 Å². The van der Waals surface area contributed by atoms with Crippen LogP contribution in [0.15, 0.2) is 152 Å². The molecule has 0 radical (unpaired) electrons. The van der Waals surface area contributed by atoms with E-state index in [1.165, 1.54) is 0 Å². The van der Waals surface area contributed by atoms with Crippen LogP contribution in [0, 0.1) is 19.8 Å². The number of phenols is 1. The minimum absolute atomic E-state index is 0. The van der Waals surface area contributed by atoms with E-state index >= 15 is 0 Å². The van der Waals surface area contributed by atoms with E-state index in [0.717, 1.165) is 66.7 Å². The zero-order chi connectivity index (χ0) is 55.1. The van der Waals surface area contributed by atoms with Crippen molar-refractivity contribution < 1.29 is 34.4 Å². The zero-order valence-electron chi connectivity index (χ0n) is 49.0. The number of aryl methyl sites for hydroxylation is 2. The summed E-state index contributed by atoms with van der Waals surface area (Å²) >= 11 is 0. The van der Waals surface area contributed by atoms with Crippen LogP contribution < -0.4 is 0 Å². The number of hydrogen-bond donors (Lipinski definition) is 1. The van der Waals surface area contributed by atoms with Crippen LogP contribution in [0.3, 0.4) is 0 Å². The van der Waals surface area contributed by atoms with Crippen molar-refractivity contribution in [3.05, 3.63) is 191 Å². The van der Waals surface area contributed by atoms with E-state index in [0.29, 0.717) is 39.4 Å². The molecule has 2 aromatic heterocycles. The van der Waals surface area contributed by atoms with Crippen LogP contribution in [0.2, 0.25) is 0 Å². The first-order valence-electron chi connectivity index (χ1n) is 27.3. The molecule has 0 amide bonds. The van der Waals surface area contributed by atoms with Gasteiger partial charge >= 0.3 is 0 Å². The molecular weight excluding hydrogens is 1050 g/mol. The van der Waals surface area contributed by atoms with Gasteiger partial charge in [-0.15, -0.1) is 29.3 Å². The van der Waals surface area contributed by atoms with Gasteiger partial charge in [0.2, 0.25) is 0 Å². The Morgan fingerprint density at radius 1 is 0.507 bits per heavy atom. The van der Waals surface area contributed by atoms with Gasteiger partial charge < -0.3 is 5.11 Å². The molecule has 1 N–H and O–H groups in total. The average Bonchev–Trinajstić information content (AvgIpc) is 3.85. The summed E-state index contributed by atoms with van der Waals surface area (Å²) in [5.41, 5.74) is 13.7. The number of aromatic nitrogens is 3. The van der Waals surface area contributed by atoms with Crippen LogP contribution in [0.4, 0.5) is 0 Å². The SMILES string of the molecule is [2H]C([2H])([2H])c1ccc(-c2ccnc(-c3[c-]c(-c4cccc5c4nc(-c4cc(C(C)(C)C)cc(C(C)(C)C)c4O)n5-c4cc(-c5ccccc5)c(C([2H])([2H])[2H])cc4-c4ccc(C(C)(C)C)cc4)cc(C(C)(C)C)c3)c2)cc1.[Pt]. The summed E-state index contributed by atoms with van der Waals surface area (Å²) in [6.45, 7) is 21.2. The van der Waals surface area contributed by atoms with E-state index in [4.69, 9.17) is 18.2 Å². The largest absolute Gasteiger partial charge is 0.507 e. The Morgan fingerprint density at radius 3 is 1.77 bits per heavy atom. The van der Waals surface area contributed by atoms with Crippen LogP contribution in [-0.4, -0.2) is 19.6 Å². The molecule has 9 aromatic rings. The monoisotopic (exact) mass is 1120 g/mol. The Morgan fingerprint density at radius 2 is 1.14 bits per heavy atom. The quantitative estimate of drug-likeness (QED) is 0.162. The number of fused-ring (bicyclic) bond motifs is 1. The summed E-state index contributed by atoms with van der Waals surface area (Å²) in [6.07, 6.45) is 1.77. The molecule has 71 heavy (non-hydrogen) atoms. The van der Waals surface area contributed by atoms with Gasteiger partial charge in [-0.3, -0.25) is 9.55 Å². The average molecular weight is 1120 g/mol. The van der Waals surface area contributed by atoms with E-state index in [9.17, 15) is 5.11 Å². The molecule has 0 bridgehead atoms. The maximum absolute atomic E-state index is 12.8. The number of para-hydroxylation sites is 1.